The highest BCUT2D eigenvalue weighted by atomic mass is 35.5. The summed E-state index contributed by atoms with van der Waals surface area (Å²) in [5.41, 5.74) is 5.56. The summed E-state index contributed by atoms with van der Waals surface area (Å²) in [6.07, 6.45) is 0. The van der Waals surface area contributed by atoms with E-state index in [1.165, 1.54) is 6.07 Å². The number of nitrogen functional groups attached to an aromatic ring is 1. The van der Waals surface area contributed by atoms with Crippen molar-refractivity contribution in [3.8, 4) is 0 Å². The van der Waals surface area contributed by atoms with Crippen LogP contribution in [-0.2, 0) is 0 Å². The number of carbonyl (C=O) groups is 1. The van der Waals surface area contributed by atoms with Crippen LogP contribution in [0.15, 0.2) is 30.3 Å². The number of nitrogens with two attached hydrogens (primary N) is 1. The Morgan fingerprint density at radius 3 is 2.50 bits per heavy atom. The van der Waals surface area contributed by atoms with Gasteiger partial charge in [-0.1, -0.05) is 23.2 Å². The lowest BCUT2D eigenvalue weighted by Crippen LogP contribution is -2.05. The normalized spacial score (nSPS) is 10.3. The van der Waals surface area contributed by atoms with Crippen LogP contribution in [0.3, 0.4) is 0 Å². The van der Waals surface area contributed by atoms with Crippen LogP contribution in [0, 0.1) is 5.82 Å². The van der Waals surface area contributed by atoms with Gasteiger partial charge >= 0.3 is 5.97 Å². The Hall–Kier alpha value is -1.98. The van der Waals surface area contributed by atoms with Crippen molar-refractivity contribution in [2.45, 2.75) is 0 Å². The highest BCUT2D eigenvalue weighted by Crippen LogP contribution is 2.29. The molecule has 0 fully saturated rings. The summed E-state index contributed by atoms with van der Waals surface area (Å²) in [5, 5.41) is 12.3. The molecule has 0 aliphatic carbocycles. The van der Waals surface area contributed by atoms with Gasteiger partial charge in [0, 0.05) is 11.4 Å². The molecular weight excluding hydrogens is 306 g/mol. The topological polar surface area (TPSA) is 75.3 Å². The fraction of sp³-hybridized carbons (Fsp3) is 0. The Morgan fingerprint density at radius 1 is 1.20 bits per heavy atom. The monoisotopic (exact) mass is 314 g/mol. The molecule has 2 aromatic rings. The molecule has 2 aromatic carbocycles. The smallest absolute Gasteiger partial charge is 0.337 e. The zero-order valence-corrected chi connectivity index (χ0v) is 11.5. The fourth-order valence-corrected chi connectivity index (χ4v) is 1.90. The van der Waals surface area contributed by atoms with Crippen LogP contribution in [0.1, 0.15) is 10.4 Å². The minimum Gasteiger partial charge on any atom is -0.478 e. The third-order valence-corrected chi connectivity index (χ3v) is 3.31. The number of hydrogen-bond donors (Lipinski definition) is 3. The number of aromatic carboxylic acids is 1. The molecule has 0 aromatic heterocycles. The van der Waals surface area contributed by atoms with Gasteiger partial charge in [0.25, 0.3) is 0 Å². The zero-order chi connectivity index (χ0) is 14.9. The SMILES string of the molecule is Nc1cc(F)c(Nc2ccc(Cl)c(Cl)c2)cc1C(=O)O. The number of anilines is 3. The highest BCUT2D eigenvalue weighted by Gasteiger charge is 2.13. The molecule has 20 heavy (non-hydrogen) atoms. The van der Waals surface area contributed by atoms with E-state index in [1.807, 2.05) is 0 Å². The molecule has 0 unspecified atom stereocenters. The van der Waals surface area contributed by atoms with Crippen LogP contribution in [-0.4, -0.2) is 11.1 Å². The van der Waals surface area contributed by atoms with Gasteiger partial charge in [-0.05, 0) is 30.3 Å². The number of carboxylic acids is 1. The molecule has 0 amide bonds. The Labute approximate surface area is 123 Å². The molecule has 7 heteroatoms. The van der Waals surface area contributed by atoms with E-state index in [2.05, 4.69) is 5.32 Å². The lowest BCUT2D eigenvalue weighted by molar-refractivity contribution is 0.0698. The quantitative estimate of drug-likeness (QED) is 0.744. The first-order chi connectivity index (χ1) is 9.38. The summed E-state index contributed by atoms with van der Waals surface area (Å²) < 4.78 is 13.8. The summed E-state index contributed by atoms with van der Waals surface area (Å²) >= 11 is 11.6. The molecule has 4 nitrogen and oxygen atoms in total. The van der Waals surface area contributed by atoms with E-state index >= 15 is 0 Å². The van der Waals surface area contributed by atoms with Crippen LogP contribution >= 0.6 is 23.2 Å². The van der Waals surface area contributed by atoms with E-state index in [0.29, 0.717) is 15.7 Å². The lowest BCUT2D eigenvalue weighted by atomic mass is 10.1. The molecule has 0 spiro atoms. The fourth-order valence-electron chi connectivity index (χ4n) is 1.60. The molecular formula is C13H9Cl2FN2O2. The van der Waals surface area contributed by atoms with E-state index in [-0.39, 0.29) is 16.9 Å². The van der Waals surface area contributed by atoms with Gasteiger partial charge in [-0.25, -0.2) is 9.18 Å². The van der Waals surface area contributed by atoms with Gasteiger partial charge in [-0.3, -0.25) is 0 Å². The molecule has 4 N–H and O–H groups in total. The average Bonchev–Trinajstić information content (AvgIpc) is 2.36. The van der Waals surface area contributed by atoms with Crippen LogP contribution < -0.4 is 11.1 Å². The summed E-state index contributed by atoms with van der Waals surface area (Å²) in [7, 11) is 0. The predicted octanol–water partition coefficient (Wildman–Crippen LogP) is 4.16. The Balaban J connectivity index is 2.40. The molecule has 0 radical (unpaired) electrons. The first kappa shape index (κ1) is 14.4. The molecule has 0 bridgehead atoms. The number of carboxylic acid groups (broad SMARTS) is 1. The maximum Gasteiger partial charge on any atom is 0.337 e. The lowest BCUT2D eigenvalue weighted by Gasteiger charge is -2.11. The van der Waals surface area contributed by atoms with Gasteiger partial charge in [0.05, 0.1) is 21.3 Å². The van der Waals surface area contributed by atoms with Gasteiger partial charge in [0.2, 0.25) is 0 Å². The van der Waals surface area contributed by atoms with E-state index in [1.54, 1.807) is 12.1 Å². The number of rotatable bonds is 3. The number of hydrogen-bond acceptors (Lipinski definition) is 3. The minimum absolute atomic E-state index is 0.0185. The van der Waals surface area contributed by atoms with Gasteiger partial charge in [-0.15, -0.1) is 0 Å². The number of halogens is 3. The maximum atomic E-state index is 13.8. The number of nitrogens with one attached hydrogen (secondary N) is 1. The highest BCUT2D eigenvalue weighted by molar-refractivity contribution is 6.42. The van der Waals surface area contributed by atoms with Crippen molar-refractivity contribution in [3.63, 3.8) is 0 Å². The van der Waals surface area contributed by atoms with Crippen molar-refractivity contribution < 1.29 is 14.3 Å². The first-order valence-electron chi connectivity index (χ1n) is 5.43. The first-order valence-corrected chi connectivity index (χ1v) is 6.18. The summed E-state index contributed by atoms with van der Waals surface area (Å²) in [6, 6.07) is 6.70. The van der Waals surface area contributed by atoms with E-state index in [0.717, 1.165) is 12.1 Å². The minimum atomic E-state index is -1.24. The second kappa shape index (κ2) is 5.56. The van der Waals surface area contributed by atoms with Crippen LogP contribution in [0.4, 0.5) is 21.5 Å². The zero-order valence-electron chi connectivity index (χ0n) is 9.95. The van der Waals surface area contributed by atoms with Crippen LogP contribution in [0.2, 0.25) is 10.0 Å². The Morgan fingerprint density at radius 2 is 1.90 bits per heavy atom. The van der Waals surface area contributed by atoms with Crippen LogP contribution in [0.25, 0.3) is 0 Å². The standard InChI is InChI=1S/C13H9Cl2FN2O2/c14-8-2-1-6(3-9(8)15)18-12-4-7(13(19)20)11(17)5-10(12)16/h1-5,18H,17H2,(H,19,20). The molecule has 0 heterocycles. The second-order valence-corrected chi connectivity index (χ2v) is 4.79. The van der Waals surface area contributed by atoms with Gasteiger partial charge < -0.3 is 16.2 Å². The molecule has 0 atom stereocenters. The summed E-state index contributed by atoms with van der Waals surface area (Å²) in [5.74, 6) is -1.90. The van der Waals surface area contributed by atoms with Crippen molar-refractivity contribution in [1.82, 2.24) is 0 Å². The maximum absolute atomic E-state index is 13.8. The Bertz CT molecular complexity index is 692. The van der Waals surface area contributed by atoms with Crippen molar-refractivity contribution in [1.29, 1.82) is 0 Å². The summed E-state index contributed by atoms with van der Waals surface area (Å²) in [6.45, 7) is 0. The molecule has 0 saturated carbocycles. The third kappa shape index (κ3) is 2.95. The van der Waals surface area contributed by atoms with Crippen molar-refractivity contribution in [2.75, 3.05) is 11.1 Å². The molecule has 104 valence electrons. The summed E-state index contributed by atoms with van der Waals surface area (Å²) in [4.78, 5) is 11.0. The molecule has 0 saturated heterocycles. The van der Waals surface area contributed by atoms with Gasteiger partial charge in [-0.2, -0.15) is 0 Å². The van der Waals surface area contributed by atoms with E-state index in [4.69, 9.17) is 34.0 Å². The van der Waals surface area contributed by atoms with Crippen molar-refractivity contribution in [2.24, 2.45) is 0 Å². The second-order valence-electron chi connectivity index (χ2n) is 3.98. The van der Waals surface area contributed by atoms with E-state index in [9.17, 15) is 9.18 Å². The number of benzene rings is 2. The van der Waals surface area contributed by atoms with Gasteiger partial charge in [0.15, 0.2) is 0 Å². The van der Waals surface area contributed by atoms with Crippen molar-refractivity contribution >= 4 is 46.2 Å². The molecule has 0 aliphatic heterocycles. The average molecular weight is 315 g/mol. The van der Waals surface area contributed by atoms with E-state index < -0.39 is 11.8 Å². The molecule has 0 aliphatic rings. The van der Waals surface area contributed by atoms with Crippen LogP contribution in [0.5, 0.6) is 0 Å². The Kier molecular flexibility index (Phi) is 4.01. The largest absolute Gasteiger partial charge is 0.478 e. The molecule has 2 rings (SSSR count). The van der Waals surface area contributed by atoms with Gasteiger partial charge in [0.1, 0.15) is 5.82 Å². The third-order valence-electron chi connectivity index (χ3n) is 2.57. The van der Waals surface area contributed by atoms with Crippen molar-refractivity contribution in [3.05, 3.63) is 51.8 Å². The predicted molar refractivity (Wildman–Crippen MR) is 77.5 cm³/mol.